The van der Waals surface area contributed by atoms with E-state index in [2.05, 4.69) is 30.0 Å². The maximum atomic E-state index is 10.3. The third kappa shape index (κ3) is 4.72. The van der Waals surface area contributed by atoms with Gasteiger partial charge in [0.15, 0.2) is 0 Å². The lowest BCUT2D eigenvalue weighted by molar-refractivity contribution is 0.124. The molecular weight excluding hydrogens is 305 g/mol. The van der Waals surface area contributed by atoms with Gasteiger partial charge in [-0.15, -0.1) is 0 Å². The van der Waals surface area contributed by atoms with Crippen molar-refractivity contribution < 1.29 is 5.11 Å². The topological polar surface area (TPSA) is 23.5 Å². The Morgan fingerprint density at radius 2 is 1.86 bits per heavy atom. The molecule has 1 N–H and O–H groups in total. The van der Waals surface area contributed by atoms with Gasteiger partial charge in [-0.25, -0.2) is 0 Å². The van der Waals surface area contributed by atoms with Gasteiger partial charge in [0.2, 0.25) is 0 Å². The summed E-state index contributed by atoms with van der Waals surface area (Å²) in [5, 5.41) is 11.3. The number of nitrogens with zero attached hydrogens (tertiary/aromatic N) is 1. The Morgan fingerprint density at radius 3 is 2.52 bits per heavy atom. The minimum atomic E-state index is -0.588. The molecule has 0 aromatic heterocycles. The molecule has 21 heavy (non-hydrogen) atoms. The molecule has 1 atom stereocenters. The molecule has 0 bridgehead atoms. The lowest BCUT2D eigenvalue weighted by Gasteiger charge is -2.21. The van der Waals surface area contributed by atoms with Crippen LogP contribution in [0, 0.1) is 6.92 Å². The molecule has 0 saturated carbocycles. The van der Waals surface area contributed by atoms with Crippen LogP contribution < -0.4 is 0 Å². The van der Waals surface area contributed by atoms with Gasteiger partial charge in [-0.05, 0) is 37.2 Å². The first kappa shape index (κ1) is 16.3. The van der Waals surface area contributed by atoms with Gasteiger partial charge >= 0.3 is 0 Å². The van der Waals surface area contributed by atoms with Crippen molar-refractivity contribution in [3.8, 4) is 0 Å². The van der Waals surface area contributed by atoms with Gasteiger partial charge in [-0.2, -0.15) is 0 Å². The second kappa shape index (κ2) is 7.28. The van der Waals surface area contributed by atoms with E-state index >= 15 is 0 Å². The maximum Gasteiger partial charge on any atom is 0.0917 e. The molecule has 2 rings (SSSR count). The SMILES string of the molecule is Cc1cccc(CN(C)CC(O)c2ccc(Cl)c(Cl)c2)c1. The molecule has 1 unspecified atom stereocenters. The Kier molecular flexibility index (Phi) is 5.65. The number of likely N-dealkylation sites (N-methyl/N-ethyl adjacent to an activating group) is 1. The standard InChI is InChI=1S/C17H19Cl2NO/c1-12-4-3-5-13(8-12)10-20(2)11-17(21)14-6-7-15(18)16(19)9-14/h3-9,17,21H,10-11H2,1-2H3. The van der Waals surface area contributed by atoms with E-state index in [4.69, 9.17) is 23.2 Å². The highest BCUT2D eigenvalue weighted by molar-refractivity contribution is 6.42. The van der Waals surface area contributed by atoms with E-state index in [0.717, 1.165) is 12.1 Å². The summed E-state index contributed by atoms with van der Waals surface area (Å²) in [7, 11) is 1.99. The number of halogens is 2. The highest BCUT2D eigenvalue weighted by Gasteiger charge is 2.12. The van der Waals surface area contributed by atoms with Crippen LogP contribution in [0.15, 0.2) is 42.5 Å². The van der Waals surface area contributed by atoms with Crippen molar-refractivity contribution in [1.29, 1.82) is 0 Å². The van der Waals surface area contributed by atoms with Gasteiger partial charge < -0.3 is 5.11 Å². The smallest absolute Gasteiger partial charge is 0.0917 e. The van der Waals surface area contributed by atoms with Gasteiger partial charge in [0.05, 0.1) is 16.1 Å². The molecular formula is C17H19Cl2NO. The first-order valence-corrected chi connectivity index (χ1v) is 7.58. The molecule has 2 nitrogen and oxygen atoms in total. The van der Waals surface area contributed by atoms with E-state index in [9.17, 15) is 5.11 Å². The number of rotatable bonds is 5. The van der Waals surface area contributed by atoms with E-state index in [1.807, 2.05) is 13.1 Å². The average molecular weight is 324 g/mol. The second-order valence-electron chi connectivity index (χ2n) is 5.38. The lowest BCUT2D eigenvalue weighted by Crippen LogP contribution is -2.24. The van der Waals surface area contributed by atoms with Crippen LogP contribution in [0.25, 0.3) is 0 Å². The van der Waals surface area contributed by atoms with Crippen molar-refractivity contribution >= 4 is 23.2 Å². The monoisotopic (exact) mass is 323 g/mol. The third-order valence-corrected chi connectivity index (χ3v) is 4.09. The molecule has 0 spiro atoms. The van der Waals surface area contributed by atoms with Crippen LogP contribution in [-0.4, -0.2) is 23.6 Å². The highest BCUT2D eigenvalue weighted by Crippen LogP contribution is 2.26. The average Bonchev–Trinajstić information content (AvgIpc) is 2.41. The quantitative estimate of drug-likeness (QED) is 0.877. The van der Waals surface area contributed by atoms with Crippen molar-refractivity contribution in [3.63, 3.8) is 0 Å². The van der Waals surface area contributed by atoms with Crippen LogP contribution in [0.4, 0.5) is 0 Å². The number of aliphatic hydroxyl groups is 1. The van der Waals surface area contributed by atoms with Crippen LogP contribution >= 0.6 is 23.2 Å². The third-order valence-electron chi connectivity index (χ3n) is 3.35. The van der Waals surface area contributed by atoms with Crippen molar-refractivity contribution in [2.24, 2.45) is 0 Å². The zero-order valence-corrected chi connectivity index (χ0v) is 13.7. The Hall–Kier alpha value is -1.06. The van der Waals surface area contributed by atoms with Gasteiger partial charge in [-0.1, -0.05) is 59.1 Å². The molecule has 0 amide bonds. The van der Waals surface area contributed by atoms with Crippen LogP contribution in [0.5, 0.6) is 0 Å². The molecule has 112 valence electrons. The summed E-state index contributed by atoms with van der Waals surface area (Å²) in [5.41, 5.74) is 3.25. The Balaban J connectivity index is 1.98. The summed E-state index contributed by atoms with van der Waals surface area (Å²) in [6.07, 6.45) is -0.588. The molecule has 0 radical (unpaired) electrons. The van der Waals surface area contributed by atoms with E-state index in [0.29, 0.717) is 16.6 Å². The molecule has 0 heterocycles. The molecule has 0 aliphatic carbocycles. The number of hydrogen-bond donors (Lipinski definition) is 1. The Morgan fingerprint density at radius 1 is 1.10 bits per heavy atom. The Labute approximate surface area is 135 Å². The van der Waals surface area contributed by atoms with Crippen molar-refractivity contribution in [2.75, 3.05) is 13.6 Å². The fourth-order valence-corrected chi connectivity index (χ4v) is 2.61. The zero-order valence-electron chi connectivity index (χ0n) is 12.2. The molecule has 2 aromatic carbocycles. The maximum absolute atomic E-state index is 10.3. The fourth-order valence-electron chi connectivity index (χ4n) is 2.31. The summed E-state index contributed by atoms with van der Waals surface area (Å²) >= 11 is 11.9. The summed E-state index contributed by atoms with van der Waals surface area (Å²) in [4.78, 5) is 2.09. The van der Waals surface area contributed by atoms with E-state index in [1.165, 1.54) is 11.1 Å². The minimum Gasteiger partial charge on any atom is -0.387 e. The van der Waals surface area contributed by atoms with Gasteiger partial charge in [0, 0.05) is 13.1 Å². The van der Waals surface area contributed by atoms with Crippen molar-refractivity contribution in [1.82, 2.24) is 4.90 Å². The normalized spacial score (nSPS) is 12.7. The number of aliphatic hydroxyl groups excluding tert-OH is 1. The van der Waals surface area contributed by atoms with E-state index in [1.54, 1.807) is 18.2 Å². The first-order chi connectivity index (χ1) is 9.95. The van der Waals surface area contributed by atoms with E-state index < -0.39 is 6.10 Å². The summed E-state index contributed by atoms with van der Waals surface area (Å²) in [6.45, 7) is 3.40. The van der Waals surface area contributed by atoms with Gasteiger partial charge in [0.25, 0.3) is 0 Å². The van der Waals surface area contributed by atoms with Crippen molar-refractivity contribution in [3.05, 3.63) is 69.2 Å². The molecule has 4 heteroatoms. The molecule has 2 aromatic rings. The lowest BCUT2D eigenvalue weighted by atomic mass is 10.1. The molecule has 0 saturated heterocycles. The van der Waals surface area contributed by atoms with Gasteiger partial charge in [-0.3, -0.25) is 4.90 Å². The first-order valence-electron chi connectivity index (χ1n) is 6.83. The summed E-state index contributed by atoms with van der Waals surface area (Å²) < 4.78 is 0. The Bertz CT molecular complexity index is 615. The number of benzene rings is 2. The predicted molar refractivity (Wildman–Crippen MR) is 88.9 cm³/mol. The van der Waals surface area contributed by atoms with Crippen molar-refractivity contribution in [2.45, 2.75) is 19.6 Å². The summed E-state index contributed by atoms with van der Waals surface area (Å²) in [6, 6.07) is 13.6. The largest absolute Gasteiger partial charge is 0.387 e. The van der Waals surface area contributed by atoms with Crippen LogP contribution in [0.2, 0.25) is 10.0 Å². The van der Waals surface area contributed by atoms with E-state index in [-0.39, 0.29) is 0 Å². The molecule has 0 fully saturated rings. The molecule has 0 aliphatic rings. The molecule has 0 aliphatic heterocycles. The van der Waals surface area contributed by atoms with Crippen LogP contribution in [0.3, 0.4) is 0 Å². The minimum absolute atomic E-state index is 0.467. The fraction of sp³-hybridized carbons (Fsp3) is 0.294. The van der Waals surface area contributed by atoms with Crippen LogP contribution in [0.1, 0.15) is 22.8 Å². The number of hydrogen-bond acceptors (Lipinski definition) is 2. The summed E-state index contributed by atoms with van der Waals surface area (Å²) in [5.74, 6) is 0. The number of aryl methyl sites for hydroxylation is 1. The highest BCUT2D eigenvalue weighted by atomic mass is 35.5. The second-order valence-corrected chi connectivity index (χ2v) is 6.19. The van der Waals surface area contributed by atoms with Crippen LogP contribution in [-0.2, 0) is 6.54 Å². The zero-order chi connectivity index (χ0) is 15.4. The van der Waals surface area contributed by atoms with Gasteiger partial charge in [0.1, 0.15) is 0 Å². The predicted octanol–water partition coefficient (Wildman–Crippen LogP) is 4.47.